The molecule has 38 valence electrons. The van der Waals surface area contributed by atoms with E-state index in [0.29, 0.717) is 0 Å². The Hall–Kier alpha value is 0.450. The molecule has 0 radical (unpaired) electrons. The molecule has 0 rings (SSSR count). The van der Waals surface area contributed by atoms with E-state index in [4.69, 9.17) is 15.7 Å². The number of hydrogen-bond acceptors (Lipinski definition) is 4. The molecular weight excluding hydrogens is 140 g/mol. The van der Waals surface area contributed by atoms with Crippen molar-refractivity contribution in [1.82, 2.24) is 0 Å². The fourth-order valence-corrected chi connectivity index (χ4v) is 0.0697. The molecule has 6 heteroatoms. The fraction of sp³-hybridized carbons (Fsp3) is 0. The second kappa shape index (κ2) is 11.3. The first-order valence-corrected chi connectivity index (χ1v) is 1.37. The molecule has 0 saturated carbocycles. The Morgan fingerprint density at radius 2 is 1.56 bits per heavy atom. The third-order valence-corrected chi connectivity index (χ3v) is 0.312. The minimum absolute atomic E-state index is 0. The van der Waals surface area contributed by atoms with Crippen molar-refractivity contribution < 1.29 is 5.21 Å². The summed E-state index contributed by atoms with van der Waals surface area (Å²) in [6, 6.07) is 2.68. The van der Waals surface area contributed by atoms with Gasteiger partial charge in [-0.05, 0) is 0 Å². The molecule has 4 nitrogen and oxygen atoms in total. The molecule has 0 atom stereocenters. The maximum atomic E-state index is 7.76. The van der Waals surface area contributed by atoms with E-state index in [0.717, 1.165) is 0 Å². The zero-order valence-electron chi connectivity index (χ0n) is 3.29. The summed E-state index contributed by atoms with van der Waals surface area (Å²) in [6.07, 6.45) is 0. The van der Waals surface area contributed by atoms with Gasteiger partial charge in [0.2, 0.25) is 0 Å². The normalized spacial score (nSPS) is 4.22. The molecule has 0 bridgehead atoms. The topological polar surface area (TPSA) is 80.2 Å². The molecule has 0 aliphatic heterocycles. The van der Waals surface area contributed by atoms with Crippen LogP contribution in [0.1, 0.15) is 0 Å². The summed E-state index contributed by atoms with van der Waals surface area (Å²) >= 11 is 0. The van der Waals surface area contributed by atoms with E-state index in [1.54, 1.807) is 0 Å². The molecule has 1 N–H and O–H groups in total. The molecule has 0 aliphatic rings. The molecule has 0 amide bonds. The van der Waals surface area contributed by atoms with E-state index in [1.165, 1.54) is 12.1 Å². The average Bonchev–Trinajstić information content (AvgIpc) is 1.72. The summed E-state index contributed by atoms with van der Waals surface area (Å²) in [5, 5.41) is 25.5. The Labute approximate surface area is 96.7 Å². The van der Waals surface area contributed by atoms with E-state index in [9.17, 15) is 0 Å². The van der Waals surface area contributed by atoms with E-state index in [-0.39, 0.29) is 59.1 Å². The molecule has 0 aliphatic carbocycles. The van der Waals surface area contributed by atoms with Crippen molar-refractivity contribution >= 4 is 64.8 Å². The van der Waals surface area contributed by atoms with Crippen LogP contribution in [-0.2, 0) is 0 Å². The van der Waals surface area contributed by atoms with Gasteiger partial charge >= 0.3 is 59.1 Å². The Bertz CT molecular complexity index is 149. The van der Waals surface area contributed by atoms with E-state index in [2.05, 4.69) is 5.16 Å². The first kappa shape index (κ1) is 16.2. The number of nitrogens with zero attached hydrogens (tertiary/aromatic N) is 3. The Morgan fingerprint density at radius 3 is 1.56 bits per heavy atom. The quantitative estimate of drug-likeness (QED) is 0.195. The summed E-state index contributed by atoms with van der Waals surface area (Å²) in [4.78, 5) is 0. The van der Waals surface area contributed by atoms with Crippen molar-refractivity contribution in [3.63, 3.8) is 0 Å². The summed E-state index contributed by atoms with van der Waals surface area (Å²) in [5.74, 6) is 0. The molecule has 0 heterocycles. The van der Waals surface area contributed by atoms with Crippen LogP contribution >= 0.6 is 0 Å². The Morgan fingerprint density at radius 1 is 1.22 bits per heavy atom. The van der Waals surface area contributed by atoms with Crippen molar-refractivity contribution in [1.29, 1.82) is 10.5 Å². The van der Waals surface area contributed by atoms with E-state index >= 15 is 0 Å². The van der Waals surface area contributed by atoms with Crippen LogP contribution in [0.25, 0.3) is 0 Å². The van der Waals surface area contributed by atoms with Crippen LogP contribution in [0.4, 0.5) is 0 Å². The van der Waals surface area contributed by atoms with Crippen molar-refractivity contribution in [2.24, 2.45) is 5.16 Å². The van der Waals surface area contributed by atoms with Crippen LogP contribution in [0.15, 0.2) is 5.16 Å². The van der Waals surface area contributed by atoms with E-state index in [1.807, 2.05) is 0 Å². The van der Waals surface area contributed by atoms with Crippen LogP contribution in [-0.4, -0.2) is 70.0 Å². The number of oxime groups is 1. The third kappa shape index (κ3) is 8.45. The Balaban J connectivity index is -0.000000180. The Kier molecular flexibility index (Phi) is 20.3. The van der Waals surface area contributed by atoms with Crippen LogP contribution in [0.5, 0.6) is 0 Å². The van der Waals surface area contributed by atoms with Gasteiger partial charge < -0.3 is 5.21 Å². The SMILES string of the molecule is N#CC(C#N)=NO.[NaH].[NaH]. The van der Waals surface area contributed by atoms with Gasteiger partial charge in [-0.15, -0.1) is 0 Å². The van der Waals surface area contributed by atoms with Crippen molar-refractivity contribution in [2.45, 2.75) is 0 Å². The van der Waals surface area contributed by atoms with Crippen LogP contribution in [0.3, 0.4) is 0 Å². The summed E-state index contributed by atoms with van der Waals surface area (Å²) in [7, 11) is 0. The van der Waals surface area contributed by atoms with E-state index < -0.39 is 5.71 Å². The van der Waals surface area contributed by atoms with Gasteiger partial charge in [-0.25, -0.2) is 0 Å². The molecule has 0 fully saturated rings. The van der Waals surface area contributed by atoms with Crippen molar-refractivity contribution in [3.05, 3.63) is 0 Å². The molecule has 0 unspecified atom stereocenters. The van der Waals surface area contributed by atoms with Gasteiger partial charge in [0.25, 0.3) is 5.71 Å². The molecule has 0 aromatic rings. The predicted molar refractivity (Wildman–Crippen MR) is 34.7 cm³/mol. The second-order valence-corrected chi connectivity index (χ2v) is 0.672. The van der Waals surface area contributed by atoms with Gasteiger partial charge in [-0.2, -0.15) is 10.5 Å². The molecule has 0 aromatic carbocycles. The molecular formula is C3H3N3Na2O. The van der Waals surface area contributed by atoms with Crippen molar-refractivity contribution in [2.75, 3.05) is 0 Å². The summed E-state index contributed by atoms with van der Waals surface area (Å²) in [6.45, 7) is 0. The standard InChI is InChI=1S/C3HN3O.2Na.2H/c4-1-3(2-5)6-7;;;;/h7H;;;;. The summed E-state index contributed by atoms with van der Waals surface area (Å²) in [5.41, 5.74) is -0.528. The number of hydrogen-bond donors (Lipinski definition) is 1. The van der Waals surface area contributed by atoms with Gasteiger partial charge in [-0.3, -0.25) is 0 Å². The number of rotatable bonds is 0. The van der Waals surface area contributed by atoms with Gasteiger partial charge in [0.05, 0.1) is 0 Å². The zero-order chi connectivity index (χ0) is 5.70. The van der Waals surface area contributed by atoms with Gasteiger partial charge in [-0.1, -0.05) is 5.16 Å². The molecule has 0 spiro atoms. The van der Waals surface area contributed by atoms with Crippen molar-refractivity contribution in [3.8, 4) is 12.1 Å². The minimum atomic E-state index is -0.528. The average molecular weight is 143 g/mol. The monoisotopic (exact) mass is 143 g/mol. The van der Waals surface area contributed by atoms with Crippen LogP contribution in [0.2, 0.25) is 0 Å². The molecule has 0 saturated heterocycles. The maximum absolute atomic E-state index is 7.76. The summed E-state index contributed by atoms with van der Waals surface area (Å²) < 4.78 is 0. The zero-order valence-corrected chi connectivity index (χ0v) is 3.29. The third-order valence-electron chi connectivity index (χ3n) is 0.312. The second-order valence-electron chi connectivity index (χ2n) is 0.672. The molecule has 9 heavy (non-hydrogen) atoms. The van der Waals surface area contributed by atoms with Crippen LogP contribution < -0.4 is 0 Å². The first-order valence-electron chi connectivity index (χ1n) is 1.37. The number of nitriles is 2. The first-order chi connectivity index (χ1) is 3.35. The fourth-order valence-electron chi connectivity index (χ4n) is 0.0697. The predicted octanol–water partition coefficient (Wildman–Crippen LogP) is -1.43. The molecule has 0 aromatic heterocycles. The van der Waals surface area contributed by atoms with Gasteiger partial charge in [0, 0.05) is 0 Å². The van der Waals surface area contributed by atoms with Gasteiger partial charge in [0.1, 0.15) is 12.1 Å². The van der Waals surface area contributed by atoms with Crippen LogP contribution in [0, 0.1) is 22.7 Å². The van der Waals surface area contributed by atoms with Gasteiger partial charge in [0.15, 0.2) is 0 Å².